The summed E-state index contributed by atoms with van der Waals surface area (Å²) in [6.07, 6.45) is 1.42. The lowest BCUT2D eigenvalue weighted by Gasteiger charge is -2.08. The molecule has 0 radical (unpaired) electrons. The molecule has 2 aromatic rings. The van der Waals surface area contributed by atoms with Crippen LogP contribution in [0.3, 0.4) is 0 Å². The summed E-state index contributed by atoms with van der Waals surface area (Å²) in [6, 6.07) is 8.13. The SMILES string of the molecule is Cc1cc(Br)cc(C(=O)Nc2ncccc2C(=O)O)c1. The maximum Gasteiger partial charge on any atom is 0.339 e. The number of carboxylic acid groups (broad SMARTS) is 1. The average molecular weight is 335 g/mol. The van der Waals surface area contributed by atoms with E-state index >= 15 is 0 Å². The molecule has 0 atom stereocenters. The quantitative estimate of drug-likeness (QED) is 0.903. The fourth-order valence-electron chi connectivity index (χ4n) is 1.72. The molecule has 1 aromatic heterocycles. The van der Waals surface area contributed by atoms with Crippen molar-refractivity contribution < 1.29 is 14.7 Å². The number of hydrogen-bond acceptors (Lipinski definition) is 3. The second kappa shape index (κ2) is 5.83. The van der Waals surface area contributed by atoms with Crippen LogP contribution in [0.4, 0.5) is 5.82 Å². The molecule has 0 saturated carbocycles. The number of benzene rings is 1. The lowest BCUT2D eigenvalue weighted by molar-refractivity contribution is 0.0697. The Bertz CT molecular complexity index is 666. The number of nitrogens with one attached hydrogen (secondary N) is 1. The minimum atomic E-state index is -1.14. The zero-order chi connectivity index (χ0) is 14.7. The van der Waals surface area contributed by atoms with Crippen LogP contribution in [0, 0.1) is 6.92 Å². The summed E-state index contributed by atoms with van der Waals surface area (Å²) in [7, 11) is 0. The molecule has 102 valence electrons. The molecular weight excluding hydrogens is 324 g/mol. The van der Waals surface area contributed by atoms with Gasteiger partial charge in [0.05, 0.1) is 0 Å². The van der Waals surface area contributed by atoms with E-state index in [1.807, 2.05) is 13.0 Å². The van der Waals surface area contributed by atoms with Crippen LogP contribution in [-0.4, -0.2) is 22.0 Å². The fraction of sp³-hybridized carbons (Fsp3) is 0.0714. The third-order valence-corrected chi connectivity index (χ3v) is 3.03. The fourth-order valence-corrected chi connectivity index (χ4v) is 2.33. The van der Waals surface area contributed by atoms with Gasteiger partial charge in [-0.25, -0.2) is 9.78 Å². The number of carbonyl (C=O) groups excluding carboxylic acids is 1. The molecule has 0 bridgehead atoms. The van der Waals surface area contributed by atoms with E-state index in [1.54, 1.807) is 12.1 Å². The van der Waals surface area contributed by atoms with Gasteiger partial charge in [-0.2, -0.15) is 0 Å². The van der Waals surface area contributed by atoms with E-state index in [4.69, 9.17) is 5.11 Å². The Morgan fingerprint density at radius 1 is 1.30 bits per heavy atom. The molecule has 0 spiro atoms. The summed E-state index contributed by atoms with van der Waals surface area (Å²) in [4.78, 5) is 27.1. The van der Waals surface area contributed by atoms with Crippen LogP contribution in [0.5, 0.6) is 0 Å². The minimum absolute atomic E-state index is 0.0302. The Kier molecular flexibility index (Phi) is 4.14. The van der Waals surface area contributed by atoms with Crippen molar-refractivity contribution in [2.24, 2.45) is 0 Å². The third kappa shape index (κ3) is 3.21. The van der Waals surface area contributed by atoms with E-state index in [2.05, 4.69) is 26.2 Å². The molecule has 0 aliphatic carbocycles. The Hall–Kier alpha value is -2.21. The first-order valence-electron chi connectivity index (χ1n) is 5.74. The van der Waals surface area contributed by atoms with Crippen molar-refractivity contribution in [3.05, 3.63) is 57.7 Å². The van der Waals surface area contributed by atoms with Crippen molar-refractivity contribution in [1.82, 2.24) is 4.98 Å². The molecule has 2 N–H and O–H groups in total. The van der Waals surface area contributed by atoms with Crippen molar-refractivity contribution in [3.63, 3.8) is 0 Å². The lowest BCUT2D eigenvalue weighted by Crippen LogP contribution is -2.16. The lowest BCUT2D eigenvalue weighted by atomic mass is 10.1. The number of aromatic carboxylic acids is 1. The van der Waals surface area contributed by atoms with E-state index in [1.165, 1.54) is 18.3 Å². The normalized spacial score (nSPS) is 10.1. The van der Waals surface area contributed by atoms with E-state index in [9.17, 15) is 9.59 Å². The van der Waals surface area contributed by atoms with Gasteiger partial charge in [-0.3, -0.25) is 4.79 Å². The second-order valence-electron chi connectivity index (χ2n) is 4.18. The topological polar surface area (TPSA) is 79.3 Å². The number of anilines is 1. The van der Waals surface area contributed by atoms with Crippen molar-refractivity contribution in [1.29, 1.82) is 0 Å². The molecule has 1 aromatic carbocycles. The number of carbonyl (C=O) groups is 2. The molecule has 2 rings (SSSR count). The summed E-state index contributed by atoms with van der Waals surface area (Å²) < 4.78 is 0.780. The van der Waals surface area contributed by atoms with Gasteiger partial charge in [0, 0.05) is 16.2 Å². The Morgan fingerprint density at radius 2 is 2.05 bits per heavy atom. The number of nitrogens with zero attached hydrogens (tertiary/aromatic N) is 1. The Labute approximate surface area is 123 Å². The number of carboxylic acids is 1. The summed E-state index contributed by atoms with van der Waals surface area (Å²) in [5, 5.41) is 11.5. The number of amides is 1. The van der Waals surface area contributed by atoms with Gasteiger partial charge in [-0.05, 0) is 42.8 Å². The highest BCUT2D eigenvalue weighted by molar-refractivity contribution is 9.10. The van der Waals surface area contributed by atoms with E-state index in [-0.39, 0.29) is 11.4 Å². The molecule has 0 saturated heterocycles. The van der Waals surface area contributed by atoms with Crippen LogP contribution in [-0.2, 0) is 0 Å². The van der Waals surface area contributed by atoms with Crippen molar-refractivity contribution >= 4 is 33.6 Å². The molecule has 20 heavy (non-hydrogen) atoms. The number of aromatic nitrogens is 1. The van der Waals surface area contributed by atoms with Crippen LogP contribution in [0.1, 0.15) is 26.3 Å². The molecule has 0 aliphatic rings. The van der Waals surface area contributed by atoms with Gasteiger partial charge in [-0.1, -0.05) is 15.9 Å². The third-order valence-electron chi connectivity index (χ3n) is 2.57. The maximum absolute atomic E-state index is 12.1. The largest absolute Gasteiger partial charge is 0.478 e. The van der Waals surface area contributed by atoms with Gasteiger partial charge in [0.1, 0.15) is 11.4 Å². The maximum atomic E-state index is 12.1. The van der Waals surface area contributed by atoms with E-state index in [0.717, 1.165) is 10.0 Å². The zero-order valence-corrected chi connectivity index (χ0v) is 12.1. The molecule has 5 nitrogen and oxygen atoms in total. The molecular formula is C14H11BrN2O3. The first-order chi connectivity index (χ1) is 9.47. The average Bonchev–Trinajstić information content (AvgIpc) is 2.37. The van der Waals surface area contributed by atoms with Crippen LogP contribution < -0.4 is 5.32 Å². The van der Waals surface area contributed by atoms with Gasteiger partial charge < -0.3 is 10.4 Å². The smallest absolute Gasteiger partial charge is 0.339 e. The minimum Gasteiger partial charge on any atom is -0.478 e. The van der Waals surface area contributed by atoms with Crippen molar-refractivity contribution in [2.75, 3.05) is 5.32 Å². The number of halogens is 1. The molecule has 6 heteroatoms. The Morgan fingerprint density at radius 3 is 2.70 bits per heavy atom. The van der Waals surface area contributed by atoms with Crippen LogP contribution in [0.25, 0.3) is 0 Å². The highest BCUT2D eigenvalue weighted by Crippen LogP contribution is 2.17. The number of pyridine rings is 1. The zero-order valence-electron chi connectivity index (χ0n) is 10.6. The number of hydrogen-bond donors (Lipinski definition) is 2. The van der Waals surface area contributed by atoms with Crippen molar-refractivity contribution in [3.8, 4) is 0 Å². The summed E-state index contributed by atoms with van der Waals surface area (Å²) in [5.41, 5.74) is 1.30. The monoisotopic (exact) mass is 334 g/mol. The van der Waals surface area contributed by atoms with Crippen LogP contribution >= 0.6 is 15.9 Å². The van der Waals surface area contributed by atoms with Gasteiger partial charge >= 0.3 is 5.97 Å². The summed E-state index contributed by atoms with van der Waals surface area (Å²) in [6.45, 7) is 1.87. The summed E-state index contributed by atoms with van der Waals surface area (Å²) >= 11 is 3.31. The number of rotatable bonds is 3. The van der Waals surface area contributed by atoms with Crippen LogP contribution in [0.15, 0.2) is 41.0 Å². The Balaban J connectivity index is 2.30. The molecule has 1 heterocycles. The number of aryl methyl sites for hydroxylation is 1. The highest BCUT2D eigenvalue weighted by Gasteiger charge is 2.14. The molecule has 0 unspecified atom stereocenters. The standard InChI is InChI=1S/C14H11BrN2O3/c1-8-5-9(7-10(15)6-8)13(18)17-12-11(14(19)20)3-2-4-16-12/h2-7H,1H3,(H,19,20)(H,16,17,18). The first kappa shape index (κ1) is 14.2. The van der Waals surface area contributed by atoms with E-state index in [0.29, 0.717) is 5.56 Å². The van der Waals surface area contributed by atoms with Gasteiger partial charge in [0.2, 0.25) is 0 Å². The predicted octanol–water partition coefficient (Wildman–Crippen LogP) is 3.10. The first-order valence-corrected chi connectivity index (χ1v) is 6.53. The molecule has 0 aliphatic heterocycles. The van der Waals surface area contributed by atoms with Crippen LogP contribution in [0.2, 0.25) is 0 Å². The molecule has 1 amide bonds. The van der Waals surface area contributed by atoms with Gasteiger partial charge in [0.25, 0.3) is 5.91 Å². The summed E-state index contributed by atoms with van der Waals surface area (Å²) in [5.74, 6) is -1.52. The predicted molar refractivity (Wildman–Crippen MR) is 78.0 cm³/mol. The van der Waals surface area contributed by atoms with Gasteiger partial charge in [0.15, 0.2) is 0 Å². The molecule has 0 fully saturated rings. The highest BCUT2D eigenvalue weighted by atomic mass is 79.9. The van der Waals surface area contributed by atoms with Crippen molar-refractivity contribution in [2.45, 2.75) is 6.92 Å². The van der Waals surface area contributed by atoms with Gasteiger partial charge in [-0.15, -0.1) is 0 Å². The second-order valence-corrected chi connectivity index (χ2v) is 5.09. The van der Waals surface area contributed by atoms with E-state index < -0.39 is 11.9 Å².